The zero-order chi connectivity index (χ0) is 20.1. The number of methoxy groups -OCH3 is 1. The van der Waals surface area contributed by atoms with E-state index < -0.39 is 0 Å². The first-order valence-corrected chi connectivity index (χ1v) is 10.6. The summed E-state index contributed by atoms with van der Waals surface area (Å²) in [7, 11) is 1.62. The summed E-state index contributed by atoms with van der Waals surface area (Å²) in [6.45, 7) is 1.82. The highest BCUT2D eigenvalue weighted by atomic mass is 16.6. The Morgan fingerprint density at radius 1 is 1.07 bits per heavy atom. The lowest BCUT2D eigenvalue weighted by atomic mass is 9.76. The maximum absolute atomic E-state index is 12.2. The third kappa shape index (κ3) is 4.46. The molecule has 0 aromatic heterocycles. The van der Waals surface area contributed by atoms with Gasteiger partial charge in [0.25, 0.3) is 0 Å². The lowest BCUT2D eigenvalue weighted by Gasteiger charge is -2.39. The van der Waals surface area contributed by atoms with E-state index in [0.717, 1.165) is 25.1 Å². The summed E-state index contributed by atoms with van der Waals surface area (Å²) in [4.78, 5) is 13.9. The van der Waals surface area contributed by atoms with Crippen LogP contribution in [0.15, 0.2) is 54.6 Å². The summed E-state index contributed by atoms with van der Waals surface area (Å²) in [5, 5.41) is 3.87. The molecule has 1 atom stereocenters. The van der Waals surface area contributed by atoms with Crippen molar-refractivity contribution in [3.63, 3.8) is 0 Å². The predicted molar refractivity (Wildman–Crippen MR) is 114 cm³/mol. The Labute approximate surface area is 173 Å². The van der Waals surface area contributed by atoms with Gasteiger partial charge < -0.3 is 14.8 Å². The van der Waals surface area contributed by atoms with Gasteiger partial charge in [0.1, 0.15) is 6.10 Å². The van der Waals surface area contributed by atoms with Crippen LogP contribution in [0, 0.1) is 0 Å². The van der Waals surface area contributed by atoms with Gasteiger partial charge in [-0.05, 0) is 36.1 Å². The number of cyclic esters (lactones) is 1. The highest BCUT2D eigenvalue weighted by molar-refractivity contribution is 5.89. The maximum Gasteiger partial charge on any atom is 0.414 e. The van der Waals surface area contributed by atoms with Crippen LogP contribution < -0.4 is 10.2 Å². The smallest absolute Gasteiger partial charge is 0.414 e. The molecule has 2 aromatic rings. The average molecular weight is 395 g/mol. The monoisotopic (exact) mass is 394 g/mol. The number of nitrogens with one attached hydrogen (secondary N) is 1. The molecule has 0 spiro atoms. The fourth-order valence-electron chi connectivity index (χ4n) is 4.56. The molecule has 2 fully saturated rings. The van der Waals surface area contributed by atoms with Crippen molar-refractivity contribution in [3.8, 4) is 0 Å². The summed E-state index contributed by atoms with van der Waals surface area (Å²) in [6, 6.07) is 19.0. The first-order valence-electron chi connectivity index (χ1n) is 10.6. The predicted octanol–water partition coefficient (Wildman–Crippen LogP) is 4.61. The molecule has 2 aliphatic rings. The number of anilines is 1. The topological polar surface area (TPSA) is 50.8 Å². The van der Waals surface area contributed by atoms with Crippen molar-refractivity contribution in [1.29, 1.82) is 0 Å². The summed E-state index contributed by atoms with van der Waals surface area (Å²) in [5.74, 6) is 0. The van der Waals surface area contributed by atoms with E-state index in [2.05, 4.69) is 47.8 Å². The standard InChI is InChI=1S/C24H30N2O3/c1-28-18-22-17-26(23(27)29-22)21-12-10-20(11-13-21)24(14-6-3-7-15-24)25-16-19-8-4-2-5-9-19/h2,4-5,8-13,22,25H,3,6-7,14-18H2,1H3. The molecule has 1 amide bonds. The van der Waals surface area contributed by atoms with Crippen LogP contribution in [0.3, 0.4) is 0 Å². The Balaban J connectivity index is 1.50. The van der Waals surface area contributed by atoms with Gasteiger partial charge in [0, 0.05) is 24.9 Å². The molecule has 5 nitrogen and oxygen atoms in total. The van der Waals surface area contributed by atoms with Crippen molar-refractivity contribution < 1.29 is 14.3 Å². The Hall–Kier alpha value is -2.37. The van der Waals surface area contributed by atoms with Gasteiger partial charge in [-0.2, -0.15) is 0 Å². The molecule has 1 saturated carbocycles. The van der Waals surface area contributed by atoms with Crippen molar-refractivity contribution in [3.05, 3.63) is 65.7 Å². The minimum Gasteiger partial charge on any atom is -0.441 e. The number of ether oxygens (including phenoxy) is 2. The van der Waals surface area contributed by atoms with Gasteiger partial charge >= 0.3 is 6.09 Å². The van der Waals surface area contributed by atoms with Crippen molar-refractivity contribution in [2.75, 3.05) is 25.2 Å². The molecule has 1 aliphatic heterocycles. The van der Waals surface area contributed by atoms with Crippen LogP contribution in [0.25, 0.3) is 0 Å². The van der Waals surface area contributed by atoms with Crippen LogP contribution in [0.5, 0.6) is 0 Å². The number of rotatable bonds is 7. The van der Waals surface area contributed by atoms with Crippen molar-refractivity contribution in [2.24, 2.45) is 0 Å². The van der Waals surface area contributed by atoms with Crippen molar-refractivity contribution in [2.45, 2.75) is 50.3 Å². The Bertz CT molecular complexity index is 801. The first-order chi connectivity index (χ1) is 14.2. The van der Waals surface area contributed by atoms with Crippen LogP contribution in [-0.4, -0.2) is 32.5 Å². The number of carbonyl (C=O) groups is 1. The maximum atomic E-state index is 12.2. The molecule has 1 aliphatic carbocycles. The number of amides is 1. The molecule has 1 unspecified atom stereocenters. The van der Waals surface area contributed by atoms with Gasteiger partial charge in [0.05, 0.1) is 13.2 Å². The van der Waals surface area contributed by atoms with E-state index in [1.807, 2.05) is 12.1 Å². The second-order valence-corrected chi connectivity index (χ2v) is 8.10. The normalized spacial score (nSPS) is 21.2. The molecule has 154 valence electrons. The van der Waals surface area contributed by atoms with E-state index in [9.17, 15) is 4.79 Å². The molecule has 0 bridgehead atoms. The van der Waals surface area contributed by atoms with Gasteiger partial charge in [-0.1, -0.05) is 61.7 Å². The fourth-order valence-corrected chi connectivity index (χ4v) is 4.56. The van der Waals surface area contributed by atoms with Crippen LogP contribution in [0.2, 0.25) is 0 Å². The van der Waals surface area contributed by atoms with Gasteiger partial charge in [-0.25, -0.2) is 4.79 Å². The van der Waals surface area contributed by atoms with E-state index >= 15 is 0 Å². The second kappa shape index (κ2) is 8.97. The first kappa shape index (κ1) is 19.9. The van der Waals surface area contributed by atoms with Crippen LogP contribution in [0.1, 0.15) is 43.2 Å². The van der Waals surface area contributed by atoms with E-state index in [1.165, 1.54) is 30.4 Å². The van der Waals surface area contributed by atoms with E-state index in [4.69, 9.17) is 9.47 Å². The van der Waals surface area contributed by atoms with Crippen LogP contribution in [-0.2, 0) is 21.6 Å². The van der Waals surface area contributed by atoms with Gasteiger partial charge in [0.2, 0.25) is 0 Å². The summed E-state index contributed by atoms with van der Waals surface area (Å²) < 4.78 is 10.5. The number of carbonyl (C=O) groups excluding carboxylic acids is 1. The molecule has 5 heteroatoms. The fraction of sp³-hybridized carbons (Fsp3) is 0.458. The number of hydrogen-bond acceptors (Lipinski definition) is 4. The molecular weight excluding hydrogens is 364 g/mol. The molecule has 29 heavy (non-hydrogen) atoms. The number of nitrogens with zero attached hydrogens (tertiary/aromatic N) is 1. The summed E-state index contributed by atoms with van der Waals surface area (Å²) in [6.07, 6.45) is 5.55. The van der Waals surface area contributed by atoms with Crippen molar-refractivity contribution in [1.82, 2.24) is 5.32 Å². The lowest BCUT2D eigenvalue weighted by Crippen LogP contribution is -2.43. The molecule has 0 radical (unpaired) electrons. The van der Waals surface area contributed by atoms with Crippen molar-refractivity contribution >= 4 is 11.8 Å². The largest absolute Gasteiger partial charge is 0.441 e. The van der Waals surface area contributed by atoms with Gasteiger partial charge in [-0.3, -0.25) is 4.90 Å². The minimum atomic E-state index is -0.297. The molecule has 1 N–H and O–H groups in total. The zero-order valence-corrected chi connectivity index (χ0v) is 17.1. The zero-order valence-electron chi connectivity index (χ0n) is 17.1. The molecule has 4 rings (SSSR count). The minimum absolute atomic E-state index is 0.00325. The van der Waals surface area contributed by atoms with Crippen LogP contribution in [0.4, 0.5) is 10.5 Å². The highest BCUT2D eigenvalue weighted by Gasteiger charge is 2.35. The molecule has 1 saturated heterocycles. The number of benzene rings is 2. The lowest BCUT2D eigenvalue weighted by molar-refractivity contribution is 0.0718. The third-order valence-corrected chi connectivity index (χ3v) is 6.14. The average Bonchev–Trinajstić information content (AvgIpc) is 3.14. The molecule has 2 aromatic carbocycles. The van der Waals surface area contributed by atoms with E-state index in [1.54, 1.807) is 12.0 Å². The summed E-state index contributed by atoms with van der Waals surface area (Å²) >= 11 is 0. The third-order valence-electron chi connectivity index (χ3n) is 6.14. The summed E-state index contributed by atoms with van der Waals surface area (Å²) in [5.41, 5.74) is 3.49. The Kier molecular flexibility index (Phi) is 6.16. The highest BCUT2D eigenvalue weighted by Crippen LogP contribution is 2.38. The van der Waals surface area contributed by atoms with Gasteiger partial charge in [-0.15, -0.1) is 0 Å². The molecule has 1 heterocycles. The molecular formula is C24H30N2O3. The Morgan fingerprint density at radius 2 is 1.79 bits per heavy atom. The van der Waals surface area contributed by atoms with Gasteiger partial charge in [0.15, 0.2) is 0 Å². The van der Waals surface area contributed by atoms with E-state index in [-0.39, 0.29) is 17.7 Å². The van der Waals surface area contributed by atoms with E-state index in [0.29, 0.717) is 13.2 Å². The SMILES string of the molecule is COCC1CN(c2ccc(C3(NCc4ccccc4)CCCCC3)cc2)C(=O)O1. The van der Waals surface area contributed by atoms with Crippen LogP contribution >= 0.6 is 0 Å². The number of hydrogen-bond donors (Lipinski definition) is 1. The second-order valence-electron chi connectivity index (χ2n) is 8.10. The Morgan fingerprint density at radius 3 is 2.48 bits per heavy atom. The quantitative estimate of drug-likeness (QED) is 0.745.